The molecule has 0 aromatic carbocycles. The van der Waals surface area contributed by atoms with Gasteiger partial charge in [0.2, 0.25) is 10.0 Å². The van der Waals surface area contributed by atoms with Crippen LogP contribution in [0.2, 0.25) is 0 Å². The molecule has 1 heterocycles. The van der Waals surface area contributed by atoms with Crippen LogP contribution >= 0.6 is 0 Å². The minimum absolute atomic E-state index is 0.0150. The second kappa shape index (κ2) is 3.51. The maximum atomic E-state index is 10.7. The van der Waals surface area contributed by atoms with E-state index in [9.17, 15) is 8.42 Å². The topological polar surface area (TPSA) is 55.4 Å². The van der Waals surface area contributed by atoms with E-state index in [2.05, 4.69) is 4.72 Å². The molecule has 0 spiro atoms. The largest absolute Gasteiger partial charge is 0.380 e. The minimum Gasteiger partial charge on any atom is -0.380 e. The molecule has 0 aliphatic carbocycles. The number of sulfonamides is 1. The molecule has 1 fully saturated rings. The van der Waals surface area contributed by atoms with Crippen LogP contribution < -0.4 is 4.72 Å². The van der Waals surface area contributed by atoms with Gasteiger partial charge in [0.15, 0.2) is 0 Å². The van der Waals surface area contributed by atoms with Gasteiger partial charge in [-0.05, 0) is 12.8 Å². The van der Waals surface area contributed by atoms with E-state index in [1.165, 1.54) is 6.26 Å². The van der Waals surface area contributed by atoms with Gasteiger partial charge in [0, 0.05) is 12.6 Å². The molecule has 0 aromatic heterocycles. The summed E-state index contributed by atoms with van der Waals surface area (Å²) in [6.07, 6.45) is 2.99. The Hall–Kier alpha value is -0.130. The molecule has 0 bridgehead atoms. The lowest BCUT2D eigenvalue weighted by Crippen LogP contribution is -2.39. The fourth-order valence-electron chi connectivity index (χ4n) is 1.14. The minimum atomic E-state index is -3.05. The first-order chi connectivity index (χ1) is 5.08. The van der Waals surface area contributed by atoms with Crippen LogP contribution in [0.15, 0.2) is 0 Å². The van der Waals surface area contributed by atoms with Crippen LogP contribution in [0.4, 0.5) is 0 Å². The lowest BCUT2D eigenvalue weighted by molar-refractivity contribution is 0.0775. The fraction of sp³-hybridized carbons (Fsp3) is 1.00. The van der Waals surface area contributed by atoms with Gasteiger partial charge >= 0.3 is 0 Å². The van der Waals surface area contributed by atoms with E-state index in [1.807, 2.05) is 0 Å². The van der Waals surface area contributed by atoms with E-state index in [4.69, 9.17) is 4.74 Å². The fourth-order valence-corrected chi connectivity index (χ4v) is 1.93. The molecule has 0 amide bonds. The number of nitrogens with one attached hydrogen (secondary N) is 1. The van der Waals surface area contributed by atoms with Crippen LogP contribution in [0.1, 0.15) is 12.8 Å². The number of rotatable bonds is 2. The van der Waals surface area contributed by atoms with E-state index in [1.54, 1.807) is 0 Å². The lowest BCUT2D eigenvalue weighted by Gasteiger charge is -2.21. The Kier molecular flexibility index (Phi) is 2.86. The van der Waals surface area contributed by atoms with E-state index in [-0.39, 0.29) is 6.04 Å². The quantitative estimate of drug-likeness (QED) is 0.634. The van der Waals surface area contributed by atoms with Gasteiger partial charge in [0.25, 0.3) is 0 Å². The Bertz CT molecular complexity index is 206. The highest BCUT2D eigenvalue weighted by Gasteiger charge is 2.16. The van der Waals surface area contributed by atoms with Crippen molar-refractivity contribution in [3.05, 3.63) is 0 Å². The molecule has 1 N–H and O–H groups in total. The highest BCUT2D eigenvalue weighted by molar-refractivity contribution is 7.88. The van der Waals surface area contributed by atoms with Crippen molar-refractivity contribution in [3.8, 4) is 0 Å². The summed E-state index contributed by atoms with van der Waals surface area (Å²) in [5.41, 5.74) is 0. The number of hydrogen-bond acceptors (Lipinski definition) is 3. The molecule has 11 heavy (non-hydrogen) atoms. The molecule has 66 valence electrons. The standard InChI is InChI=1S/C6H13NO3S/c1-11(8,9)7-6-3-2-4-10-5-6/h6-7H,2-5H2,1H3. The van der Waals surface area contributed by atoms with Crippen molar-refractivity contribution in [1.29, 1.82) is 0 Å². The lowest BCUT2D eigenvalue weighted by atomic mass is 10.1. The molecular formula is C6H13NO3S. The van der Waals surface area contributed by atoms with Gasteiger partial charge in [0.1, 0.15) is 0 Å². The molecule has 4 nitrogen and oxygen atoms in total. The van der Waals surface area contributed by atoms with Gasteiger partial charge in [-0.3, -0.25) is 0 Å². The van der Waals surface area contributed by atoms with Crippen LogP contribution in [0, 0.1) is 0 Å². The monoisotopic (exact) mass is 179 g/mol. The Morgan fingerprint density at radius 2 is 2.27 bits per heavy atom. The van der Waals surface area contributed by atoms with Gasteiger partial charge < -0.3 is 4.74 Å². The maximum absolute atomic E-state index is 10.7. The summed E-state index contributed by atoms with van der Waals surface area (Å²) in [5.74, 6) is 0. The SMILES string of the molecule is CS(=O)(=O)NC1CCCOC1. The molecule has 0 saturated carbocycles. The molecular weight excluding hydrogens is 166 g/mol. The Morgan fingerprint density at radius 3 is 2.73 bits per heavy atom. The first kappa shape index (κ1) is 8.96. The molecule has 1 aliphatic heterocycles. The van der Waals surface area contributed by atoms with E-state index in [0.29, 0.717) is 6.61 Å². The smallest absolute Gasteiger partial charge is 0.209 e. The van der Waals surface area contributed by atoms with Gasteiger partial charge in [-0.15, -0.1) is 0 Å². The van der Waals surface area contributed by atoms with Crippen molar-refractivity contribution in [1.82, 2.24) is 4.72 Å². The van der Waals surface area contributed by atoms with Crippen LogP contribution in [-0.4, -0.2) is 33.9 Å². The number of ether oxygens (including phenoxy) is 1. The average molecular weight is 179 g/mol. The van der Waals surface area contributed by atoms with Gasteiger partial charge in [-0.2, -0.15) is 0 Å². The highest BCUT2D eigenvalue weighted by atomic mass is 32.2. The van der Waals surface area contributed by atoms with Crippen LogP contribution in [-0.2, 0) is 14.8 Å². The van der Waals surface area contributed by atoms with Crippen molar-refractivity contribution in [2.75, 3.05) is 19.5 Å². The summed E-state index contributed by atoms with van der Waals surface area (Å²) in [7, 11) is -3.05. The zero-order valence-corrected chi connectivity index (χ0v) is 7.36. The second-order valence-corrected chi connectivity index (χ2v) is 4.58. The van der Waals surface area contributed by atoms with Gasteiger partial charge in [-0.25, -0.2) is 13.1 Å². The first-order valence-corrected chi connectivity index (χ1v) is 5.52. The van der Waals surface area contributed by atoms with E-state index < -0.39 is 10.0 Å². The Balaban J connectivity index is 2.36. The van der Waals surface area contributed by atoms with Crippen molar-refractivity contribution in [2.24, 2.45) is 0 Å². The van der Waals surface area contributed by atoms with Gasteiger partial charge in [-0.1, -0.05) is 0 Å². The summed E-state index contributed by atoms with van der Waals surface area (Å²) in [6.45, 7) is 1.26. The molecule has 5 heteroatoms. The molecule has 1 unspecified atom stereocenters. The highest BCUT2D eigenvalue weighted by Crippen LogP contribution is 2.05. The Morgan fingerprint density at radius 1 is 1.55 bits per heavy atom. The molecule has 1 atom stereocenters. The van der Waals surface area contributed by atoms with E-state index >= 15 is 0 Å². The summed E-state index contributed by atoms with van der Waals surface area (Å²) in [4.78, 5) is 0. The van der Waals surface area contributed by atoms with E-state index in [0.717, 1.165) is 19.4 Å². The van der Waals surface area contributed by atoms with Gasteiger partial charge in [0.05, 0.1) is 12.9 Å². The van der Waals surface area contributed by atoms with Crippen LogP contribution in [0.25, 0.3) is 0 Å². The molecule has 1 rings (SSSR count). The van der Waals surface area contributed by atoms with Crippen molar-refractivity contribution >= 4 is 10.0 Å². The molecule has 1 saturated heterocycles. The van der Waals surface area contributed by atoms with Crippen LogP contribution in [0.5, 0.6) is 0 Å². The average Bonchev–Trinajstić information content (AvgIpc) is 1.85. The zero-order valence-electron chi connectivity index (χ0n) is 6.54. The first-order valence-electron chi connectivity index (χ1n) is 3.63. The van der Waals surface area contributed by atoms with Crippen molar-refractivity contribution in [3.63, 3.8) is 0 Å². The third-order valence-electron chi connectivity index (χ3n) is 1.54. The predicted molar refractivity (Wildman–Crippen MR) is 41.8 cm³/mol. The summed E-state index contributed by atoms with van der Waals surface area (Å²) >= 11 is 0. The molecule has 0 radical (unpaired) electrons. The Labute approximate surface area is 67.0 Å². The predicted octanol–water partition coefficient (Wildman–Crippen LogP) is -0.285. The third-order valence-corrected chi connectivity index (χ3v) is 2.30. The summed E-state index contributed by atoms with van der Waals surface area (Å²) < 4.78 is 29.1. The second-order valence-electron chi connectivity index (χ2n) is 2.80. The summed E-state index contributed by atoms with van der Waals surface area (Å²) in [5, 5.41) is 0. The molecule has 1 aliphatic rings. The zero-order chi connectivity index (χ0) is 8.32. The molecule has 0 aromatic rings. The van der Waals surface area contributed by atoms with Crippen molar-refractivity contribution in [2.45, 2.75) is 18.9 Å². The summed E-state index contributed by atoms with van der Waals surface area (Å²) in [6, 6.07) is -0.0150. The van der Waals surface area contributed by atoms with Crippen molar-refractivity contribution < 1.29 is 13.2 Å². The van der Waals surface area contributed by atoms with Crippen LogP contribution in [0.3, 0.4) is 0 Å². The normalized spacial score (nSPS) is 26.8. The third kappa shape index (κ3) is 3.69. The maximum Gasteiger partial charge on any atom is 0.209 e. The number of hydrogen-bond donors (Lipinski definition) is 1.